The van der Waals surface area contributed by atoms with E-state index in [0.29, 0.717) is 0 Å². The Morgan fingerprint density at radius 3 is 1.60 bits per heavy atom. The van der Waals surface area contributed by atoms with Crippen molar-refractivity contribution in [2.24, 2.45) is 5.41 Å². The second kappa shape index (κ2) is 6.86. The van der Waals surface area contributed by atoms with E-state index in [9.17, 15) is 5.11 Å². The Labute approximate surface area is 161 Å². The number of hydrogen-bond acceptors (Lipinski definition) is 1. The van der Waals surface area contributed by atoms with Gasteiger partial charge in [0.05, 0.1) is 26.2 Å². The molecule has 134 valence electrons. The van der Waals surface area contributed by atoms with E-state index in [1.54, 1.807) is 0 Å². The highest BCUT2D eigenvalue weighted by atomic mass is 79.9. The molecule has 3 aliphatic rings. The van der Waals surface area contributed by atoms with E-state index >= 15 is 0 Å². The Balaban J connectivity index is 0.00000182. The summed E-state index contributed by atoms with van der Waals surface area (Å²) < 4.78 is 1.25. The maximum Gasteiger partial charge on any atom is 0.121 e. The third-order valence-electron chi connectivity index (χ3n) is 7.02. The summed E-state index contributed by atoms with van der Waals surface area (Å²) >= 11 is 0. The summed E-state index contributed by atoms with van der Waals surface area (Å²) in [5, 5.41) is 12.2. The van der Waals surface area contributed by atoms with Gasteiger partial charge in [0.25, 0.3) is 0 Å². The topological polar surface area (TPSA) is 20.2 Å². The first-order valence-electron chi connectivity index (χ1n) is 9.33. The van der Waals surface area contributed by atoms with Crippen molar-refractivity contribution in [3.63, 3.8) is 0 Å². The van der Waals surface area contributed by atoms with Crippen LogP contribution in [0.3, 0.4) is 0 Å². The van der Waals surface area contributed by atoms with Gasteiger partial charge in [-0.2, -0.15) is 0 Å². The van der Waals surface area contributed by atoms with Crippen molar-refractivity contribution in [1.29, 1.82) is 0 Å². The fraction of sp³-hybridized carbons (Fsp3) is 0.455. The first-order chi connectivity index (χ1) is 11.6. The summed E-state index contributed by atoms with van der Waals surface area (Å²) in [6, 6.07) is 20.7. The Bertz CT molecular complexity index is 636. The Morgan fingerprint density at radius 2 is 1.24 bits per heavy atom. The van der Waals surface area contributed by atoms with Gasteiger partial charge < -0.3 is 26.6 Å². The number of fused-ring (bicyclic) bond motifs is 3. The molecular formula is C22H28BrNO. The van der Waals surface area contributed by atoms with Crippen molar-refractivity contribution in [3.05, 3.63) is 71.8 Å². The zero-order valence-corrected chi connectivity index (χ0v) is 16.6. The number of piperidine rings is 3. The lowest BCUT2D eigenvalue weighted by atomic mass is 9.56. The van der Waals surface area contributed by atoms with Gasteiger partial charge in [0.1, 0.15) is 5.60 Å². The van der Waals surface area contributed by atoms with Crippen LogP contribution in [-0.2, 0) is 5.60 Å². The molecule has 25 heavy (non-hydrogen) atoms. The smallest absolute Gasteiger partial charge is 0.121 e. The molecule has 2 aromatic carbocycles. The number of halogens is 1. The van der Waals surface area contributed by atoms with Crippen molar-refractivity contribution in [2.45, 2.75) is 31.8 Å². The molecule has 2 bridgehead atoms. The van der Waals surface area contributed by atoms with E-state index in [1.807, 2.05) is 12.1 Å². The molecular weight excluding hydrogens is 374 g/mol. The number of aliphatic hydroxyl groups is 1. The second-order valence-electron chi connectivity index (χ2n) is 7.80. The third-order valence-corrected chi connectivity index (χ3v) is 7.02. The molecule has 3 heteroatoms. The van der Waals surface area contributed by atoms with Gasteiger partial charge in [0, 0.05) is 24.7 Å². The van der Waals surface area contributed by atoms with E-state index < -0.39 is 5.60 Å². The van der Waals surface area contributed by atoms with Gasteiger partial charge in [0.15, 0.2) is 0 Å². The van der Waals surface area contributed by atoms with E-state index in [0.717, 1.165) is 30.4 Å². The predicted octanol–water partition coefficient (Wildman–Crippen LogP) is 0.947. The number of rotatable bonds is 4. The molecule has 0 atom stereocenters. The molecule has 0 radical (unpaired) electrons. The maximum absolute atomic E-state index is 12.2. The second-order valence-corrected chi connectivity index (χ2v) is 7.80. The minimum Gasteiger partial charge on any atom is -1.00 e. The van der Waals surface area contributed by atoms with Crippen LogP contribution in [0.1, 0.15) is 37.3 Å². The SMILES string of the molecule is CC[N+]12CCC(C(O)(c3ccccc3)c3ccccc3)(CC1)CC2.[Br-]. The molecule has 0 spiro atoms. The van der Waals surface area contributed by atoms with Crippen molar-refractivity contribution in [1.82, 2.24) is 0 Å². The van der Waals surface area contributed by atoms with Crippen LogP contribution in [-0.4, -0.2) is 35.8 Å². The van der Waals surface area contributed by atoms with Gasteiger partial charge in [0.2, 0.25) is 0 Å². The summed E-state index contributed by atoms with van der Waals surface area (Å²) in [5.41, 5.74) is 1.18. The number of quaternary nitrogens is 1. The summed E-state index contributed by atoms with van der Waals surface area (Å²) in [7, 11) is 0. The summed E-state index contributed by atoms with van der Waals surface area (Å²) in [6.07, 6.45) is 3.34. The molecule has 3 saturated heterocycles. The molecule has 0 aromatic heterocycles. The Kier molecular flexibility index (Phi) is 5.11. The van der Waals surface area contributed by atoms with Crippen LogP contribution < -0.4 is 17.0 Å². The molecule has 0 saturated carbocycles. The van der Waals surface area contributed by atoms with Crippen LogP contribution in [0.15, 0.2) is 60.7 Å². The zero-order chi connectivity index (χ0) is 16.7. The Hall–Kier alpha value is -1.16. The predicted molar refractivity (Wildman–Crippen MR) is 97.6 cm³/mol. The standard InChI is InChI=1S/C22H28NO.BrH/c1-2-23-16-13-21(14-17-23,15-18-23)22(24,19-9-5-3-6-10-19)20-11-7-4-8-12-20;/h3-12,24H,2,13-18H2,1H3;1H/q+1;/p-1. The molecule has 0 aliphatic carbocycles. The maximum atomic E-state index is 12.2. The highest BCUT2D eigenvalue weighted by Crippen LogP contribution is 2.57. The van der Waals surface area contributed by atoms with E-state index in [4.69, 9.17) is 0 Å². The van der Waals surface area contributed by atoms with Gasteiger partial charge >= 0.3 is 0 Å². The van der Waals surface area contributed by atoms with Crippen LogP contribution >= 0.6 is 0 Å². The van der Waals surface area contributed by atoms with Crippen LogP contribution in [0.2, 0.25) is 0 Å². The first-order valence-corrected chi connectivity index (χ1v) is 9.33. The van der Waals surface area contributed by atoms with Crippen molar-refractivity contribution >= 4 is 0 Å². The molecule has 3 fully saturated rings. The molecule has 5 rings (SSSR count). The Morgan fingerprint density at radius 1 is 0.840 bits per heavy atom. The first kappa shape index (κ1) is 18.6. The minimum absolute atomic E-state index is 0. The van der Waals surface area contributed by atoms with Crippen molar-refractivity contribution in [2.75, 3.05) is 26.2 Å². The number of nitrogens with zero attached hydrogens (tertiary/aromatic N) is 1. The highest BCUT2D eigenvalue weighted by Gasteiger charge is 2.59. The van der Waals surface area contributed by atoms with Crippen LogP contribution in [0.4, 0.5) is 0 Å². The number of benzene rings is 2. The molecule has 0 unspecified atom stereocenters. The van der Waals surface area contributed by atoms with E-state index in [2.05, 4.69) is 55.5 Å². The molecule has 2 aromatic rings. The van der Waals surface area contributed by atoms with Crippen molar-refractivity contribution < 1.29 is 26.6 Å². The van der Waals surface area contributed by atoms with Gasteiger partial charge in [-0.1, -0.05) is 60.7 Å². The average molecular weight is 402 g/mol. The van der Waals surface area contributed by atoms with Crippen LogP contribution in [0.5, 0.6) is 0 Å². The average Bonchev–Trinajstić information content (AvgIpc) is 2.70. The molecule has 0 amide bonds. The van der Waals surface area contributed by atoms with E-state index in [1.165, 1.54) is 30.7 Å². The molecule has 1 N–H and O–H groups in total. The normalized spacial score (nSPS) is 28.4. The lowest BCUT2D eigenvalue weighted by Crippen LogP contribution is -3.00. The number of hydrogen-bond donors (Lipinski definition) is 1. The van der Waals surface area contributed by atoms with Crippen LogP contribution in [0, 0.1) is 5.41 Å². The van der Waals surface area contributed by atoms with Gasteiger partial charge in [-0.25, -0.2) is 0 Å². The van der Waals surface area contributed by atoms with Gasteiger partial charge in [-0.05, 0) is 18.1 Å². The zero-order valence-electron chi connectivity index (χ0n) is 15.0. The summed E-state index contributed by atoms with van der Waals surface area (Å²) in [6.45, 7) is 7.17. The van der Waals surface area contributed by atoms with Crippen LogP contribution in [0.25, 0.3) is 0 Å². The lowest BCUT2D eigenvalue weighted by molar-refractivity contribution is -0.944. The van der Waals surface area contributed by atoms with E-state index in [-0.39, 0.29) is 22.4 Å². The quantitative estimate of drug-likeness (QED) is 0.756. The fourth-order valence-corrected chi connectivity index (χ4v) is 5.22. The molecule has 3 heterocycles. The third kappa shape index (κ3) is 2.77. The largest absolute Gasteiger partial charge is 1.00 e. The summed E-state index contributed by atoms with van der Waals surface area (Å²) in [5.74, 6) is 0. The van der Waals surface area contributed by atoms with Gasteiger partial charge in [-0.3, -0.25) is 0 Å². The van der Waals surface area contributed by atoms with Gasteiger partial charge in [-0.15, -0.1) is 0 Å². The molecule has 2 nitrogen and oxygen atoms in total. The summed E-state index contributed by atoms with van der Waals surface area (Å²) in [4.78, 5) is 0. The monoisotopic (exact) mass is 401 g/mol. The molecule has 3 aliphatic heterocycles. The lowest BCUT2D eigenvalue weighted by Gasteiger charge is -2.60. The van der Waals surface area contributed by atoms with Crippen molar-refractivity contribution in [3.8, 4) is 0 Å². The minimum atomic E-state index is -0.889. The highest BCUT2D eigenvalue weighted by molar-refractivity contribution is 5.39. The fourth-order valence-electron chi connectivity index (χ4n) is 5.22.